The van der Waals surface area contributed by atoms with Gasteiger partial charge < -0.3 is 19.1 Å². The molecule has 0 aliphatic carbocycles. The normalized spacial score (nSPS) is 29.7. The number of aromatic nitrogens is 2. The zero-order valence-corrected chi connectivity index (χ0v) is 13.5. The van der Waals surface area contributed by atoms with Crippen LogP contribution in [0, 0.1) is 6.92 Å². The molecule has 0 radical (unpaired) electrons. The Morgan fingerprint density at radius 1 is 1.27 bits per heavy atom. The lowest BCUT2D eigenvalue weighted by Crippen LogP contribution is -2.56. The molecule has 3 rings (SSSR count). The summed E-state index contributed by atoms with van der Waals surface area (Å²) in [5.41, 5.74) is 0. The molecule has 122 valence electrons. The van der Waals surface area contributed by atoms with Crippen LogP contribution in [0.3, 0.4) is 0 Å². The summed E-state index contributed by atoms with van der Waals surface area (Å²) in [6, 6.07) is 0.306. The molecule has 3 atom stereocenters. The zero-order chi connectivity index (χ0) is 15.7. The maximum absolute atomic E-state index is 13.1. The van der Waals surface area contributed by atoms with Gasteiger partial charge in [-0.3, -0.25) is 0 Å². The van der Waals surface area contributed by atoms with Crippen molar-refractivity contribution in [2.24, 2.45) is 0 Å². The van der Waals surface area contributed by atoms with E-state index in [9.17, 15) is 4.79 Å². The number of morpholine rings is 1. The van der Waals surface area contributed by atoms with E-state index in [-0.39, 0.29) is 24.2 Å². The zero-order valence-electron chi connectivity index (χ0n) is 13.5. The molecule has 0 spiro atoms. The van der Waals surface area contributed by atoms with Gasteiger partial charge in [0.25, 0.3) is 5.89 Å². The minimum Gasteiger partial charge on any atom is -0.377 e. The van der Waals surface area contributed by atoms with Gasteiger partial charge in [-0.1, -0.05) is 5.16 Å². The highest BCUT2D eigenvalue weighted by Crippen LogP contribution is 2.29. The van der Waals surface area contributed by atoms with Gasteiger partial charge in [-0.15, -0.1) is 0 Å². The van der Waals surface area contributed by atoms with Crippen LogP contribution in [0.2, 0.25) is 0 Å². The number of aryl methyl sites for hydroxylation is 1. The second-order valence-electron chi connectivity index (χ2n) is 6.28. The van der Waals surface area contributed by atoms with Crippen molar-refractivity contribution in [3.05, 3.63) is 11.7 Å². The largest absolute Gasteiger partial charge is 0.377 e. The lowest BCUT2D eigenvalue weighted by Gasteiger charge is -2.44. The van der Waals surface area contributed by atoms with Crippen LogP contribution in [0.15, 0.2) is 4.52 Å². The molecule has 0 saturated carbocycles. The lowest BCUT2D eigenvalue weighted by atomic mass is 9.98. The van der Waals surface area contributed by atoms with E-state index < -0.39 is 0 Å². The quantitative estimate of drug-likeness (QED) is 0.795. The molecular weight excluding hydrogens is 284 g/mol. The van der Waals surface area contributed by atoms with Gasteiger partial charge in [-0.25, -0.2) is 4.79 Å². The van der Waals surface area contributed by atoms with Gasteiger partial charge in [0.2, 0.25) is 0 Å². The third kappa shape index (κ3) is 2.82. The number of ether oxygens (including phenoxy) is 1. The molecule has 0 bridgehead atoms. The lowest BCUT2D eigenvalue weighted by molar-refractivity contribution is -0.0159. The Bertz CT molecular complexity index is 523. The van der Waals surface area contributed by atoms with Gasteiger partial charge >= 0.3 is 6.03 Å². The SMILES string of the molecule is Cc1noc([C@@H]2COCCN2C(=O)N2[C@@H](C)CCC[C@@H]2C)n1. The second kappa shape index (κ2) is 6.24. The maximum Gasteiger partial charge on any atom is 0.321 e. The summed E-state index contributed by atoms with van der Waals surface area (Å²) in [7, 11) is 0. The Hall–Kier alpha value is -1.63. The minimum absolute atomic E-state index is 0.0591. The molecule has 2 aliphatic rings. The first-order valence-electron chi connectivity index (χ1n) is 8.05. The molecular formula is C15H24N4O3. The molecule has 0 unspecified atom stereocenters. The number of rotatable bonds is 1. The highest BCUT2D eigenvalue weighted by Gasteiger charge is 2.38. The predicted molar refractivity (Wildman–Crippen MR) is 79.3 cm³/mol. The monoisotopic (exact) mass is 308 g/mol. The Balaban J connectivity index is 1.82. The Kier molecular flexibility index (Phi) is 4.33. The number of nitrogens with zero attached hydrogens (tertiary/aromatic N) is 4. The Morgan fingerprint density at radius 3 is 2.64 bits per heavy atom. The molecule has 22 heavy (non-hydrogen) atoms. The molecule has 7 nitrogen and oxygen atoms in total. The summed E-state index contributed by atoms with van der Waals surface area (Å²) in [6.45, 7) is 7.54. The van der Waals surface area contributed by atoms with E-state index in [4.69, 9.17) is 9.26 Å². The first-order valence-corrected chi connectivity index (χ1v) is 8.05. The van der Waals surface area contributed by atoms with E-state index in [1.54, 1.807) is 6.92 Å². The summed E-state index contributed by atoms with van der Waals surface area (Å²) in [4.78, 5) is 21.2. The van der Waals surface area contributed by atoms with Crippen LogP contribution in [-0.2, 0) is 4.74 Å². The molecule has 2 aliphatic heterocycles. The number of carbonyl (C=O) groups is 1. The van der Waals surface area contributed by atoms with Crippen molar-refractivity contribution in [1.29, 1.82) is 0 Å². The third-order valence-electron chi connectivity index (χ3n) is 4.62. The molecule has 2 saturated heterocycles. The number of urea groups is 1. The fraction of sp³-hybridized carbons (Fsp3) is 0.800. The second-order valence-corrected chi connectivity index (χ2v) is 6.28. The van der Waals surface area contributed by atoms with E-state index in [2.05, 4.69) is 24.0 Å². The minimum atomic E-state index is -0.288. The van der Waals surface area contributed by atoms with E-state index in [0.29, 0.717) is 31.5 Å². The van der Waals surface area contributed by atoms with Crippen LogP contribution in [-0.4, -0.2) is 57.8 Å². The van der Waals surface area contributed by atoms with Crippen molar-refractivity contribution in [2.75, 3.05) is 19.8 Å². The fourth-order valence-corrected chi connectivity index (χ4v) is 3.43. The van der Waals surface area contributed by atoms with E-state index >= 15 is 0 Å². The van der Waals surface area contributed by atoms with Gasteiger partial charge in [0, 0.05) is 18.6 Å². The molecule has 0 N–H and O–H groups in total. The van der Waals surface area contributed by atoms with Gasteiger partial charge in [-0.05, 0) is 40.0 Å². The van der Waals surface area contributed by atoms with Gasteiger partial charge in [0.15, 0.2) is 5.82 Å². The van der Waals surface area contributed by atoms with Gasteiger partial charge in [-0.2, -0.15) is 4.98 Å². The summed E-state index contributed by atoms with van der Waals surface area (Å²) >= 11 is 0. The average molecular weight is 308 g/mol. The van der Waals surface area contributed by atoms with Crippen LogP contribution in [0.1, 0.15) is 50.9 Å². The van der Waals surface area contributed by atoms with Crippen molar-refractivity contribution < 1.29 is 14.1 Å². The van der Waals surface area contributed by atoms with E-state index in [1.165, 1.54) is 6.42 Å². The molecule has 1 aromatic rings. The number of hydrogen-bond donors (Lipinski definition) is 0. The summed E-state index contributed by atoms with van der Waals surface area (Å²) in [5, 5.41) is 3.83. The summed E-state index contributed by atoms with van der Waals surface area (Å²) in [5.74, 6) is 1.04. The van der Waals surface area contributed by atoms with Crippen molar-refractivity contribution in [1.82, 2.24) is 19.9 Å². The number of carbonyl (C=O) groups excluding carboxylic acids is 1. The molecule has 7 heteroatoms. The topological polar surface area (TPSA) is 71.7 Å². The van der Waals surface area contributed by atoms with Crippen LogP contribution in [0.25, 0.3) is 0 Å². The first kappa shape index (κ1) is 15.3. The van der Waals surface area contributed by atoms with Crippen molar-refractivity contribution in [3.8, 4) is 0 Å². The van der Waals surface area contributed by atoms with Crippen molar-refractivity contribution in [2.45, 2.75) is 58.2 Å². The first-order chi connectivity index (χ1) is 10.6. The predicted octanol–water partition coefficient (Wildman–Crippen LogP) is 2.13. The highest BCUT2D eigenvalue weighted by atomic mass is 16.5. The maximum atomic E-state index is 13.1. The molecule has 1 aromatic heterocycles. The number of piperidine rings is 1. The molecule has 3 heterocycles. The van der Waals surface area contributed by atoms with Crippen LogP contribution in [0.4, 0.5) is 4.79 Å². The highest BCUT2D eigenvalue weighted by molar-refractivity contribution is 5.76. The average Bonchev–Trinajstić information content (AvgIpc) is 2.93. The smallest absolute Gasteiger partial charge is 0.321 e. The number of hydrogen-bond acceptors (Lipinski definition) is 5. The molecule has 0 aromatic carbocycles. The van der Waals surface area contributed by atoms with Crippen molar-refractivity contribution in [3.63, 3.8) is 0 Å². The summed E-state index contributed by atoms with van der Waals surface area (Å²) < 4.78 is 10.8. The van der Waals surface area contributed by atoms with Crippen LogP contribution in [0.5, 0.6) is 0 Å². The standard InChI is InChI=1S/C15H24N4O3/c1-10-5-4-6-11(2)19(10)15(20)18-7-8-21-9-13(18)14-16-12(3)17-22-14/h10-11,13H,4-9H2,1-3H3/t10-,11-,13-/m0/s1. The molecule has 2 fully saturated rings. The third-order valence-corrected chi connectivity index (χ3v) is 4.62. The van der Waals surface area contributed by atoms with Gasteiger partial charge in [0.05, 0.1) is 13.2 Å². The van der Waals surface area contributed by atoms with Gasteiger partial charge in [0.1, 0.15) is 6.04 Å². The molecule has 2 amide bonds. The Morgan fingerprint density at radius 2 is 2.00 bits per heavy atom. The van der Waals surface area contributed by atoms with Crippen molar-refractivity contribution >= 4 is 6.03 Å². The fourth-order valence-electron chi connectivity index (χ4n) is 3.43. The van der Waals surface area contributed by atoms with Crippen LogP contribution >= 0.6 is 0 Å². The Labute approximate surface area is 130 Å². The van der Waals surface area contributed by atoms with E-state index in [1.807, 2.05) is 9.80 Å². The number of likely N-dealkylation sites (tertiary alicyclic amines) is 1. The number of amides is 2. The van der Waals surface area contributed by atoms with E-state index in [0.717, 1.165) is 12.8 Å². The summed E-state index contributed by atoms with van der Waals surface area (Å²) in [6.07, 6.45) is 3.30. The van der Waals surface area contributed by atoms with Crippen LogP contribution < -0.4 is 0 Å².